The number of carbonyl (C=O) groups excluding carboxylic acids is 2. The molecule has 0 unspecified atom stereocenters. The molecular formula is C27H26Li2N2O5-4. The molecule has 7 nitrogen and oxygen atoms in total. The van der Waals surface area contributed by atoms with Crippen LogP contribution in [0.15, 0.2) is 46.9 Å². The number of furan rings is 1. The molecule has 1 aliphatic heterocycles. The topological polar surface area (TPSA) is 101 Å². The number of carbonyl (C=O) groups is 2. The summed E-state index contributed by atoms with van der Waals surface area (Å²) in [6.07, 6.45) is 3.64. The van der Waals surface area contributed by atoms with Gasteiger partial charge in [0.2, 0.25) is 5.78 Å². The van der Waals surface area contributed by atoms with Gasteiger partial charge in [-0.3, -0.25) is 34.5 Å². The molecule has 1 fully saturated rings. The van der Waals surface area contributed by atoms with Crippen molar-refractivity contribution < 1.29 is 61.2 Å². The Morgan fingerprint density at radius 3 is 2.44 bits per heavy atom. The second kappa shape index (κ2) is 18.1. The quantitative estimate of drug-likeness (QED) is 0.127. The van der Waals surface area contributed by atoms with E-state index in [9.17, 15) is 15.0 Å². The van der Waals surface area contributed by atoms with Crippen LogP contribution < -0.4 is 37.7 Å². The van der Waals surface area contributed by atoms with E-state index >= 15 is 0 Å². The summed E-state index contributed by atoms with van der Waals surface area (Å²) in [7, 11) is 0. The second-order valence-corrected chi connectivity index (χ2v) is 7.19. The molecular weight excluding hydrogens is 446 g/mol. The molecule has 1 aliphatic rings. The minimum atomic E-state index is -0.335. The SMILES string of the molecule is O=C(CC(=O)C1COC1)c1cc2n[c-]c[c-]c2o1.[CH-]=CC(=[N-])c1cccc(C)c1.[CH2-]COC[CH2-].[Li+].[Li+]. The third-order valence-corrected chi connectivity index (χ3v) is 4.63. The zero-order valence-corrected chi connectivity index (χ0v) is 21.1. The first kappa shape index (κ1) is 33.8. The molecule has 0 atom stereocenters. The van der Waals surface area contributed by atoms with E-state index < -0.39 is 0 Å². The molecule has 1 aromatic carbocycles. The Kier molecular flexibility index (Phi) is 17.0. The van der Waals surface area contributed by atoms with Gasteiger partial charge in [-0.05, 0) is 6.92 Å². The Balaban J connectivity index is 0.000000588. The van der Waals surface area contributed by atoms with E-state index in [-0.39, 0.29) is 73.1 Å². The van der Waals surface area contributed by atoms with Gasteiger partial charge < -0.3 is 49.9 Å². The third kappa shape index (κ3) is 10.8. The Labute approximate surface area is 236 Å². The molecule has 1 saturated heterocycles. The average Bonchev–Trinajstić information content (AvgIpc) is 3.23. The van der Waals surface area contributed by atoms with Gasteiger partial charge in [-0.1, -0.05) is 54.7 Å². The number of fused-ring (bicyclic) bond motifs is 1. The maximum Gasteiger partial charge on any atom is 1.00 e. The fourth-order valence-electron chi connectivity index (χ4n) is 2.72. The van der Waals surface area contributed by atoms with Crippen molar-refractivity contribution >= 4 is 28.4 Å². The molecule has 3 aromatic rings. The fraction of sp³-hybridized carbons (Fsp3) is 0.259. The van der Waals surface area contributed by atoms with Gasteiger partial charge in [-0.2, -0.15) is 0 Å². The van der Waals surface area contributed by atoms with E-state index in [4.69, 9.17) is 15.7 Å². The van der Waals surface area contributed by atoms with Crippen molar-refractivity contribution in [3.05, 3.63) is 97.5 Å². The Morgan fingerprint density at radius 2 is 1.94 bits per heavy atom. The Bertz CT molecular complexity index is 1090. The number of aromatic nitrogens is 1. The van der Waals surface area contributed by atoms with Gasteiger partial charge in [0.1, 0.15) is 11.5 Å². The number of Topliss-reactive ketones (excluding diaryl/α,β-unsaturated/α-hetero) is 2. The van der Waals surface area contributed by atoms with Gasteiger partial charge in [0, 0.05) is 0 Å². The van der Waals surface area contributed by atoms with Crippen molar-refractivity contribution in [1.29, 1.82) is 0 Å². The molecule has 2 aromatic heterocycles. The fourth-order valence-corrected chi connectivity index (χ4v) is 2.72. The smallest absolute Gasteiger partial charge is 0.904 e. The van der Waals surface area contributed by atoms with E-state index in [0.717, 1.165) is 11.1 Å². The number of hydrogen-bond donors (Lipinski definition) is 0. The summed E-state index contributed by atoms with van der Waals surface area (Å²) < 4.78 is 14.8. The first-order chi connectivity index (χ1) is 16.4. The molecule has 0 bridgehead atoms. The Morgan fingerprint density at radius 1 is 1.25 bits per heavy atom. The number of hydrogen-bond acceptors (Lipinski definition) is 6. The van der Waals surface area contributed by atoms with Crippen LogP contribution >= 0.6 is 0 Å². The van der Waals surface area contributed by atoms with Crippen molar-refractivity contribution in [2.75, 3.05) is 26.4 Å². The van der Waals surface area contributed by atoms with Gasteiger partial charge in [0.25, 0.3) is 0 Å². The minimum absolute atomic E-state index is 0. The number of rotatable bonds is 8. The number of pyridine rings is 1. The number of ether oxygens (including phenoxy) is 2. The number of allylic oxidation sites excluding steroid dienone is 1. The Hall–Kier alpha value is -2.23. The summed E-state index contributed by atoms with van der Waals surface area (Å²) in [5, 5.41) is 9.19. The summed E-state index contributed by atoms with van der Waals surface area (Å²) in [6, 6.07) is 13.3. The summed E-state index contributed by atoms with van der Waals surface area (Å²) >= 11 is 0. The first-order valence-electron chi connectivity index (χ1n) is 10.6. The van der Waals surface area contributed by atoms with Crippen LogP contribution in [0.4, 0.5) is 0 Å². The van der Waals surface area contributed by atoms with Gasteiger partial charge in [0.05, 0.1) is 25.6 Å². The number of benzene rings is 1. The molecule has 180 valence electrons. The van der Waals surface area contributed by atoms with E-state index in [1.54, 1.807) is 0 Å². The van der Waals surface area contributed by atoms with Crippen LogP contribution in [0.3, 0.4) is 0 Å². The summed E-state index contributed by atoms with van der Waals surface area (Å²) in [5.74, 6) is -0.438. The monoisotopic (exact) mass is 472 g/mol. The van der Waals surface area contributed by atoms with Crippen molar-refractivity contribution in [3.63, 3.8) is 0 Å². The van der Waals surface area contributed by atoms with Crippen molar-refractivity contribution in [3.8, 4) is 0 Å². The molecule has 0 radical (unpaired) electrons. The molecule has 4 rings (SSSR count). The van der Waals surface area contributed by atoms with E-state index in [0.29, 0.717) is 37.5 Å². The molecule has 0 saturated carbocycles. The van der Waals surface area contributed by atoms with Crippen molar-refractivity contribution in [2.45, 2.75) is 13.3 Å². The summed E-state index contributed by atoms with van der Waals surface area (Å²) in [4.78, 5) is 27.4. The standard InChI is InChI=1S/C13H9NO4.C10H9N.C4H8O.2Li/c15-10(8-6-17-7-8)5-11(16)13-4-9-12(18-13)2-1-3-14-9;1-3-10(11)9-6-4-5-8(2)7-9;1-3-5-4-2;;/h1,4,8H,5-7H2;1,3-7H,2H3;1-4H2;;/q3*-2;2*+1. The van der Waals surface area contributed by atoms with E-state index in [1.807, 2.05) is 31.2 Å². The molecule has 3 heterocycles. The zero-order valence-electron chi connectivity index (χ0n) is 21.1. The van der Waals surface area contributed by atoms with E-state index in [1.165, 1.54) is 18.2 Å². The molecule has 0 amide bonds. The summed E-state index contributed by atoms with van der Waals surface area (Å²) in [5.41, 5.74) is 2.90. The van der Waals surface area contributed by atoms with Crippen LogP contribution in [-0.2, 0) is 14.3 Å². The molecule has 0 spiro atoms. The van der Waals surface area contributed by atoms with Gasteiger partial charge in [-0.25, -0.2) is 0 Å². The second-order valence-electron chi connectivity index (χ2n) is 7.19. The predicted octanol–water partition coefficient (Wildman–Crippen LogP) is -1.76. The molecule has 0 N–H and O–H groups in total. The average molecular weight is 472 g/mol. The largest absolute Gasteiger partial charge is 1.00 e. The summed E-state index contributed by atoms with van der Waals surface area (Å²) in [6.45, 7) is 15.8. The minimum Gasteiger partial charge on any atom is -0.904 e. The van der Waals surface area contributed by atoms with Gasteiger partial charge in [-0.15, -0.1) is 11.1 Å². The van der Waals surface area contributed by atoms with Gasteiger partial charge >= 0.3 is 37.7 Å². The van der Waals surface area contributed by atoms with Crippen LogP contribution in [0.1, 0.15) is 28.1 Å². The van der Waals surface area contributed by atoms with Crippen LogP contribution in [0.25, 0.3) is 16.5 Å². The number of nitrogens with zero attached hydrogens (tertiary/aromatic N) is 2. The van der Waals surface area contributed by atoms with Crippen LogP contribution in [0.5, 0.6) is 0 Å². The van der Waals surface area contributed by atoms with E-state index in [2.05, 4.69) is 35.8 Å². The maximum atomic E-state index is 11.9. The molecule has 0 aliphatic carbocycles. The number of aryl methyl sites for hydroxylation is 1. The molecule has 9 heteroatoms. The van der Waals surface area contributed by atoms with Crippen LogP contribution in [0.2, 0.25) is 0 Å². The third-order valence-electron chi connectivity index (χ3n) is 4.63. The van der Waals surface area contributed by atoms with Gasteiger partial charge in [0.15, 0.2) is 0 Å². The number of ketones is 2. The van der Waals surface area contributed by atoms with Crippen molar-refractivity contribution in [2.24, 2.45) is 5.92 Å². The maximum absolute atomic E-state index is 11.9. The van der Waals surface area contributed by atoms with Crippen LogP contribution in [0, 0.1) is 45.5 Å². The predicted molar refractivity (Wildman–Crippen MR) is 129 cm³/mol. The zero-order chi connectivity index (χ0) is 24.9. The normalized spacial score (nSPS) is 11.8. The first-order valence-corrected chi connectivity index (χ1v) is 10.6. The van der Waals surface area contributed by atoms with Crippen LogP contribution in [-0.4, -0.2) is 48.7 Å². The molecule has 36 heavy (non-hydrogen) atoms. The van der Waals surface area contributed by atoms with Crippen molar-refractivity contribution in [1.82, 2.24) is 4.98 Å².